The van der Waals surface area contributed by atoms with Crippen molar-refractivity contribution in [2.24, 2.45) is 12.1 Å². The zero-order valence-corrected chi connectivity index (χ0v) is 19.8. The molecule has 4 heterocycles. The van der Waals surface area contributed by atoms with Gasteiger partial charge in [-0.3, -0.25) is 4.79 Å². The molecule has 1 aromatic carbocycles. The number of rotatable bonds is 7. The number of amides is 1. The molecule has 5 rings (SSSR count). The van der Waals surface area contributed by atoms with Crippen LogP contribution in [0.3, 0.4) is 0 Å². The van der Waals surface area contributed by atoms with Crippen molar-refractivity contribution in [3.05, 3.63) is 72.1 Å². The maximum absolute atomic E-state index is 13.3. The first kappa shape index (κ1) is 22.0. The highest BCUT2D eigenvalue weighted by Crippen LogP contribution is 2.34. The largest absolute Gasteiger partial charge is 0.497 e. The summed E-state index contributed by atoms with van der Waals surface area (Å²) < 4.78 is 18.1. The number of thioether (sulfide) groups is 1. The molecular formula is C24H23N5O4S. The van der Waals surface area contributed by atoms with Crippen LogP contribution in [0.1, 0.15) is 29.5 Å². The Morgan fingerprint density at radius 2 is 1.97 bits per heavy atom. The number of aromatic nitrogens is 3. The minimum Gasteiger partial charge on any atom is -0.497 e. The molecule has 4 aromatic rings. The number of carbonyl (C=O) groups is 1. The van der Waals surface area contributed by atoms with Crippen molar-refractivity contribution in [3.63, 3.8) is 0 Å². The fourth-order valence-electron chi connectivity index (χ4n) is 3.89. The Morgan fingerprint density at radius 1 is 1.15 bits per heavy atom. The van der Waals surface area contributed by atoms with E-state index in [9.17, 15) is 4.79 Å². The van der Waals surface area contributed by atoms with Gasteiger partial charge in [-0.2, -0.15) is 5.10 Å². The number of nitrogens with zero attached hydrogens (tertiary/aromatic N) is 5. The van der Waals surface area contributed by atoms with E-state index >= 15 is 0 Å². The minimum atomic E-state index is -0.302. The number of benzene rings is 1. The molecule has 1 aliphatic rings. The van der Waals surface area contributed by atoms with Gasteiger partial charge in [0.25, 0.3) is 5.91 Å². The van der Waals surface area contributed by atoms with E-state index in [1.807, 2.05) is 61.0 Å². The molecule has 0 spiro atoms. The lowest BCUT2D eigenvalue weighted by Crippen LogP contribution is -2.28. The van der Waals surface area contributed by atoms with E-state index < -0.39 is 0 Å². The van der Waals surface area contributed by atoms with Crippen molar-refractivity contribution >= 4 is 23.4 Å². The predicted molar refractivity (Wildman–Crippen MR) is 127 cm³/mol. The van der Waals surface area contributed by atoms with Gasteiger partial charge in [-0.05, 0) is 55.0 Å². The van der Waals surface area contributed by atoms with Crippen molar-refractivity contribution < 1.29 is 18.4 Å². The molecule has 3 aromatic heterocycles. The van der Waals surface area contributed by atoms with E-state index in [1.165, 1.54) is 16.8 Å². The lowest BCUT2D eigenvalue weighted by Gasteiger charge is -2.19. The average molecular weight is 478 g/mol. The number of hydrazone groups is 1. The van der Waals surface area contributed by atoms with Crippen LogP contribution in [-0.4, -0.2) is 44.3 Å². The first-order valence-corrected chi connectivity index (χ1v) is 11.7. The molecule has 1 atom stereocenters. The summed E-state index contributed by atoms with van der Waals surface area (Å²) in [5.74, 6) is 2.94. The Kier molecular flexibility index (Phi) is 5.97. The number of ether oxygens (including phenoxy) is 1. The molecule has 1 aliphatic heterocycles. The topological polar surface area (TPSA) is 98.9 Å². The van der Waals surface area contributed by atoms with E-state index in [0.717, 1.165) is 28.3 Å². The van der Waals surface area contributed by atoms with Crippen LogP contribution in [0.4, 0.5) is 0 Å². The number of aryl methyl sites for hydroxylation is 1. The summed E-state index contributed by atoms with van der Waals surface area (Å²) in [4.78, 5) is 13.3. The van der Waals surface area contributed by atoms with Crippen LogP contribution in [0.5, 0.6) is 5.75 Å². The number of methoxy groups -OCH3 is 1. The van der Waals surface area contributed by atoms with Crippen LogP contribution in [-0.2, 0) is 11.8 Å². The molecule has 9 nitrogen and oxygen atoms in total. The molecule has 1 unspecified atom stereocenters. The fourth-order valence-corrected chi connectivity index (χ4v) is 4.65. The summed E-state index contributed by atoms with van der Waals surface area (Å²) in [5.41, 5.74) is 2.63. The van der Waals surface area contributed by atoms with Crippen LogP contribution in [0.25, 0.3) is 11.4 Å². The second kappa shape index (κ2) is 9.22. The van der Waals surface area contributed by atoms with E-state index in [-0.39, 0.29) is 17.7 Å². The number of carbonyl (C=O) groups excluding carboxylic acids is 1. The Labute approximate surface area is 200 Å². The van der Waals surface area contributed by atoms with E-state index in [0.29, 0.717) is 23.2 Å². The standard InChI is InChI=1S/C24H23N5O4S/c1-15-18(10-12-32-15)23-25-26-24(28(23)2)34-14-22(30)29-20(21-5-4-11-33-21)13-19(27-29)16-6-8-17(31-3)9-7-16/h4-12,20H,13-14H2,1-3H3. The van der Waals surface area contributed by atoms with Gasteiger partial charge in [-0.1, -0.05) is 11.8 Å². The minimum absolute atomic E-state index is 0.140. The van der Waals surface area contributed by atoms with Gasteiger partial charge in [-0.15, -0.1) is 10.2 Å². The maximum atomic E-state index is 13.3. The van der Waals surface area contributed by atoms with Crippen molar-refractivity contribution in [3.8, 4) is 17.1 Å². The summed E-state index contributed by atoms with van der Waals surface area (Å²) in [5, 5.41) is 15.4. The highest BCUT2D eigenvalue weighted by atomic mass is 32.2. The third-order valence-corrected chi connectivity index (χ3v) is 6.73. The molecule has 34 heavy (non-hydrogen) atoms. The Balaban J connectivity index is 1.35. The molecule has 0 N–H and O–H groups in total. The van der Waals surface area contributed by atoms with Crippen LogP contribution >= 0.6 is 11.8 Å². The zero-order valence-electron chi connectivity index (χ0n) is 19.0. The first-order valence-electron chi connectivity index (χ1n) is 10.7. The molecule has 0 radical (unpaired) electrons. The monoisotopic (exact) mass is 477 g/mol. The summed E-state index contributed by atoms with van der Waals surface area (Å²) in [7, 11) is 3.50. The quantitative estimate of drug-likeness (QED) is 0.363. The van der Waals surface area contributed by atoms with E-state index in [2.05, 4.69) is 15.3 Å². The summed E-state index contributed by atoms with van der Waals surface area (Å²) >= 11 is 1.32. The Bertz CT molecular complexity index is 1320. The van der Waals surface area contributed by atoms with Crippen molar-refractivity contribution in [1.29, 1.82) is 0 Å². The smallest absolute Gasteiger partial charge is 0.253 e. The SMILES string of the molecule is COc1ccc(C2=NN(C(=O)CSc3nnc(-c4ccoc4C)n3C)C(c3ccco3)C2)cc1. The van der Waals surface area contributed by atoms with Crippen LogP contribution in [0.15, 0.2) is 74.1 Å². The summed E-state index contributed by atoms with van der Waals surface area (Å²) in [6, 6.07) is 12.9. The molecule has 0 aliphatic carbocycles. The van der Waals surface area contributed by atoms with Crippen molar-refractivity contribution in [2.45, 2.75) is 24.5 Å². The zero-order chi connectivity index (χ0) is 23.7. The summed E-state index contributed by atoms with van der Waals surface area (Å²) in [6.45, 7) is 1.88. The average Bonchev–Trinajstić information content (AvgIpc) is 3.65. The normalized spacial score (nSPS) is 15.6. The van der Waals surface area contributed by atoms with Crippen molar-refractivity contribution in [1.82, 2.24) is 19.8 Å². The van der Waals surface area contributed by atoms with E-state index in [1.54, 1.807) is 19.6 Å². The second-order valence-corrected chi connectivity index (χ2v) is 8.74. The molecule has 174 valence electrons. The lowest BCUT2D eigenvalue weighted by atomic mass is 10.0. The predicted octanol–water partition coefficient (Wildman–Crippen LogP) is 4.46. The van der Waals surface area contributed by atoms with Crippen LogP contribution in [0, 0.1) is 6.92 Å². The maximum Gasteiger partial charge on any atom is 0.253 e. The van der Waals surface area contributed by atoms with Crippen molar-refractivity contribution in [2.75, 3.05) is 12.9 Å². The Morgan fingerprint density at radius 3 is 2.65 bits per heavy atom. The van der Waals surface area contributed by atoms with Gasteiger partial charge >= 0.3 is 0 Å². The fraction of sp³-hybridized carbons (Fsp3) is 0.250. The lowest BCUT2D eigenvalue weighted by molar-refractivity contribution is -0.130. The van der Waals surface area contributed by atoms with Crippen LogP contribution in [0.2, 0.25) is 0 Å². The van der Waals surface area contributed by atoms with Gasteiger partial charge < -0.3 is 18.1 Å². The molecule has 0 fully saturated rings. The van der Waals surface area contributed by atoms with E-state index in [4.69, 9.17) is 13.6 Å². The highest BCUT2D eigenvalue weighted by Gasteiger charge is 2.35. The number of hydrogen-bond acceptors (Lipinski definition) is 8. The van der Waals surface area contributed by atoms with Gasteiger partial charge in [0.2, 0.25) is 0 Å². The molecule has 0 saturated carbocycles. The highest BCUT2D eigenvalue weighted by molar-refractivity contribution is 7.99. The van der Waals surface area contributed by atoms with Gasteiger partial charge in [0.1, 0.15) is 23.3 Å². The molecule has 10 heteroatoms. The second-order valence-electron chi connectivity index (χ2n) is 7.79. The Hall–Kier alpha value is -3.79. The van der Waals surface area contributed by atoms with Gasteiger partial charge in [0.15, 0.2) is 11.0 Å². The van der Waals surface area contributed by atoms with Gasteiger partial charge in [-0.25, -0.2) is 5.01 Å². The van der Waals surface area contributed by atoms with Gasteiger partial charge in [0, 0.05) is 13.5 Å². The number of furan rings is 2. The molecule has 0 bridgehead atoms. The van der Waals surface area contributed by atoms with Gasteiger partial charge in [0.05, 0.1) is 36.7 Å². The first-order chi connectivity index (χ1) is 16.5. The summed E-state index contributed by atoms with van der Waals surface area (Å²) in [6.07, 6.45) is 3.79. The third-order valence-electron chi connectivity index (χ3n) is 5.72. The third kappa shape index (κ3) is 4.12. The van der Waals surface area contributed by atoms with Crippen LogP contribution < -0.4 is 4.74 Å². The molecule has 1 amide bonds. The molecule has 0 saturated heterocycles. The number of hydrogen-bond donors (Lipinski definition) is 0. The molecular weight excluding hydrogens is 454 g/mol.